The van der Waals surface area contributed by atoms with Crippen molar-refractivity contribution in [1.29, 1.82) is 0 Å². The van der Waals surface area contributed by atoms with Crippen LogP contribution in [-0.4, -0.2) is 25.3 Å². The summed E-state index contributed by atoms with van der Waals surface area (Å²) in [6, 6.07) is 19.9. The number of aromatic carboxylic acids is 1. The SMILES string of the molecule is COc1ccc(COc2cc(C(=O)O)cc(OC)c2OCc2ccccc2)cc1. The molecule has 3 rings (SSSR count). The van der Waals surface area contributed by atoms with E-state index in [4.69, 9.17) is 18.9 Å². The van der Waals surface area contributed by atoms with Gasteiger partial charge in [-0.15, -0.1) is 0 Å². The summed E-state index contributed by atoms with van der Waals surface area (Å²) in [5.41, 5.74) is 1.93. The molecular formula is C23H22O6. The van der Waals surface area contributed by atoms with Crippen molar-refractivity contribution in [3.63, 3.8) is 0 Å². The Morgan fingerprint density at radius 1 is 0.793 bits per heavy atom. The maximum Gasteiger partial charge on any atom is 0.335 e. The van der Waals surface area contributed by atoms with Crippen LogP contribution in [0.25, 0.3) is 0 Å². The molecule has 29 heavy (non-hydrogen) atoms. The van der Waals surface area contributed by atoms with E-state index >= 15 is 0 Å². The van der Waals surface area contributed by atoms with E-state index in [9.17, 15) is 9.90 Å². The summed E-state index contributed by atoms with van der Waals surface area (Å²) in [6.45, 7) is 0.528. The van der Waals surface area contributed by atoms with Crippen molar-refractivity contribution in [2.24, 2.45) is 0 Å². The number of carbonyl (C=O) groups is 1. The van der Waals surface area contributed by atoms with Gasteiger partial charge in [-0.25, -0.2) is 4.79 Å². The molecule has 0 saturated heterocycles. The molecule has 0 amide bonds. The molecule has 3 aromatic carbocycles. The molecule has 0 atom stereocenters. The zero-order valence-corrected chi connectivity index (χ0v) is 16.3. The Morgan fingerprint density at radius 3 is 2.03 bits per heavy atom. The Kier molecular flexibility index (Phi) is 6.58. The van der Waals surface area contributed by atoms with Crippen LogP contribution in [0.4, 0.5) is 0 Å². The topological polar surface area (TPSA) is 74.2 Å². The van der Waals surface area contributed by atoms with Gasteiger partial charge in [0.1, 0.15) is 19.0 Å². The van der Waals surface area contributed by atoms with E-state index in [1.807, 2.05) is 54.6 Å². The van der Waals surface area contributed by atoms with Gasteiger partial charge in [0.05, 0.1) is 19.8 Å². The predicted octanol–water partition coefficient (Wildman–Crippen LogP) is 4.56. The quantitative estimate of drug-likeness (QED) is 0.573. The second kappa shape index (κ2) is 9.50. The number of carboxylic acids is 1. The summed E-state index contributed by atoms with van der Waals surface area (Å²) in [6.07, 6.45) is 0. The van der Waals surface area contributed by atoms with E-state index in [1.165, 1.54) is 19.2 Å². The van der Waals surface area contributed by atoms with Crippen LogP contribution in [0.1, 0.15) is 21.5 Å². The van der Waals surface area contributed by atoms with Gasteiger partial charge >= 0.3 is 5.97 Å². The fourth-order valence-corrected chi connectivity index (χ4v) is 2.71. The van der Waals surface area contributed by atoms with Gasteiger partial charge in [0.2, 0.25) is 5.75 Å². The zero-order valence-electron chi connectivity index (χ0n) is 16.3. The van der Waals surface area contributed by atoms with Gasteiger partial charge in [0, 0.05) is 0 Å². The lowest BCUT2D eigenvalue weighted by Gasteiger charge is -2.17. The predicted molar refractivity (Wildman–Crippen MR) is 108 cm³/mol. The first-order valence-electron chi connectivity index (χ1n) is 8.98. The number of ether oxygens (including phenoxy) is 4. The van der Waals surface area contributed by atoms with Crippen LogP contribution in [0.15, 0.2) is 66.7 Å². The summed E-state index contributed by atoms with van der Waals surface area (Å²) in [4.78, 5) is 11.5. The summed E-state index contributed by atoms with van der Waals surface area (Å²) >= 11 is 0. The van der Waals surface area contributed by atoms with Gasteiger partial charge in [-0.1, -0.05) is 42.5 Å². The molecule has 6 heteroatoms. The third kappa shape index (κ3) is 5.19. The fourth-order valence-electron chi connectivity index (χ4n) is 2.71. The molecule has 0 heterocycles. The highest BCUT2D eigenvalue weighted by Gasteiger charge is 2.18. The van der Waals surface area contributed by atoms with Gasteiger partial charge in [-0.2, -0.15) is 0 Å². The first kappa shape index (κ1) is 20.1. The molecular weight excluding hydrogens is 372 g/mol. The first-order chi connectivity index (χ1) is 14.1. The smallest absolute Gasteiger partial charge is 0.335 e. The van der Waals surface area contributed by atoms with Crippen molar-refractivity contribution in [3.8, 4) is 23.0 Å². The molecule has 0 aromatic heterocycles. The van der Waals surface area contributed by atoms with Crippen LogP contribution in [0, 0.1) is 0 Å². The third-order valence-electron chi connectivity index (χ3n) is 4.27. The Balaban J connectivity index is 1.86. The van der Waals surface area contributed by atoms with Gasteiger partial charge in [-0.05, 0) is 35.4 Å². The lowest BCUT2D eigenvalue weighted by molar-refractivity contribution is 0.0695. The molecule has 150 valence electrons. The molecule has 3 aromatic rings. The second-order valence-electron chi connectivity index (χ2n) is 6.22. The molecule has 1 N–H and O–H groups in total. The number of rotatable bonds is 9. The van der Waals surface area contributed by atoms with Crippen molar-refractivity contribution < 1.29 is 28.8 Å². The van der Waals surface area contributed by atoms with E-state index < -0.39 is 5.97 Å². The lowest BCUT2D eigenvalue weighted by atomic mass is 10.1. The average molecular weight is 394 g/mol. The molecule has 0 bridgehead atoms. The van der Waals surface area contributed by atoms with E-state index in [2.05, 4.69) is 0 Å². The first-order valence-corrected chi connectivity index (χ1v) is 8.98. The monoisotopic (exact) mass is 394 g/mol. The van der Waals surface area contributed by atoms with E-state index in [0.29, 0.717) is 23.9 Å². The van der Waals surface area contributed by atoms with Gasteiger partial charge in [0.15, 0.2) is 11.5 Å². The summed E-state index contributed by atoms with van der Waals surface area (Å²) < 4.78 is 22.4. The maximum atomic E-state index is 11.5. The number of methoxy groups -OCH3 is 2. The molecule has 0 aliphatic heterocycles. The summed E-state index contributed by atoms with van der Waals surface area (Å²) in [5.74, 6) is 0.622. The van der Waals surface area contributed by atoms with E-state index in [1.54, 1.807) is 7.11 Å². The zero-order chi connectivity index (χ0) is 20.6. The highest BCUT2D eigenvalue weighted by Crippen LogP contribution is 2.39. The lowest BCUT2D eigenvalue weighted by Crippen LogP contribution is -2.05. The van der Waals surface area contributed by atoms with Crippen LogP contribution < -0.4 is 18.9 Å². The summed E-state index contributed by atoms with van der Waals surface area (Å²) in [5, 5.41) is 9.41. The molecule has 0 aliphatic rings. The fraction of sp³-hybridized carbons (Fsp3) is 0.174. The Bertz CT molecular complexity index is 951. The molecule has 0 saturated carbocycles. The standard InChI is InChI=1S/C23H22O6/c1-26-19-10-8-17(9-11-19)14-28-21-13-18(23(24)25)12-20(27-2)22(21)29-15-16-6-4-3-5-7-16/h3-13H,14-15H2,1-2H3,(H,24,25). The van der Waals surface area contributed by atoms with Crippen molar-refractivity contribution >= 4 is 5.97 Å². The number of carboxylic acid groups (broad SMARTS) is 1. The van der Waals surface area contributed by atoms with Gasteiger partial charge < -0.3 is 24.1 Å². The van der Waals surface area contributed by atoms with Gasteiger partial charge in [-0.3, -0.25) is 0 Å². The number of hydrogen-bond acceptors (Lipinski definition) is 5. The van der Waals surface area contributed by atoms with E-state index in [0.717, 1.165) is 16.9 Å². The van der Waals surface area contributed by atoms with Gasteiger partial charge in [0.25, 0.3) is 0 Å². The normalized spacial score (nSPS) is 10.3. The maximum absolute atomic E-state index is 11.5. The van der Waals surface area contributed by atoms with Crippen molar-refractivity contribution in [2.75, 3.05) is 14.2 Å². The highest BCUT2D eigenvalue weighted by atomic mass is 16.5. The largest absolute Gasteiger partial charge is 0.497 e. The van der Waals surface area contributed by atoms with Crippen molar-refractivity contribution in [3.05, 3.63) is 83.4 Å². The number of benzene rings is 3. The van der Waals surface area contributed by atoms with Crippen molar-refractivity contribution in [1.82, 2.24) is 0 Å². The minimum absolute atomic E-state index is 0.0543. The van der Waals surface area contributed by atoms with Crippen LogP contribution in [0.2, 0.25) is 0 Å². The van der Waals surface area contributed by atoms with Crippen LogP contribution in [0.3, 0.4) is 0 Å². The van der Waals surface area contributed by atoms with Crippen LogP contribution in [0.5, 0.6) is 23.0 Å². The Hall–Kier alpha value is -3.67. The average Bonchev–Trinajstić information content (AvgIpc) is 2.77. The molecule has 0 unspecified atom stereocenters. The highest BCUT2D eigenvalue weighted by molar-refractivity contribution is 5.89. The number of hydrogen-bond donors (Lipinski definition) is 1. The van der Waals surface area contributed by atoms with Crippen LogP contribution >= 0.6 is 0 Å². The minimum Gasteiger partial charge on any atom is -0.497 e. The molecule has 0 fully saturated rings. The molecule has 6 nitrogen and oxygen atoms in total. The molecule has 0 spiro atoms. The third-order valence-corrected chi connectivity index (χ3v) is 4.27. The minimum atomic E-state index is -1.08. The van der Waals surface area contributed by atoms with Crippen LogP contribution in [-0.2, 0) is 13.2 Å². The second-order valence-corrected chi connectivity index (χ2v) is 6.22. The Morgan fingerprint density at radius 2 is 1.41 bits per heavy atom. The van der Waals surface area contributed by atoms with E-state index in [-0.39, 0.29) is 12.2 Å². The van der Waals surface area contributed by atoms with Crippen molar-refractivity contribution in [2.45, 2.75) is 13.2 Å². The molecule has 0 radical (unpaired) electrons. The Labute approximate surface area is 169 Å². The molecule has 0 aliphatic carbocycles. The summed E-state index contributed by atoms with van der Waals surface area (Å²) in [7, 11) is 3.06.